The monoisotopic (exact) mass is 307 g/mol. The highest BCUT2D eigenvalue weighted by molar-refractivity contribution is 6.32. The van der Waals surface area contributed by atoms with Crippen LogP contribution in [0.25, 0.3) is 0 Å². The summed E-state index contributed by atoms with van der Waals surface area (Å²) in [6.07, 6.45) is 0. The highest BCUT2D eigenvalue weighted by Crippen LogP contribution is 2.34. The molecule has 0 spiro atoms. The van der Waals surface area contributed by atoms with E-state index >= 15 is 0 Å². The van der Waals surface area contributed by atoms with Crippen molar-refractivity contribution in [3.05, 3.63) is 40.2 Å². The molecule has 1 heterocycles. The molecule has 4 nitrogen and oxygen atoms in total. The average Bonchev–Trinajstić information content (AvgIpc) is 2.67. The Bertz CT molecular complexity index is 637. The number of nitrogens with one attached hydrogen (secondary N) is 1. The van der Waals surface area contributed by atoms with Gasteiger partial charge in [-0.3, -0.25) is 4.68 Å². The molecule has 114 valence electrons. The second kappa shape index (κ2) is 6.50. The standard InChI is InChI=1S/C16H22ClN3O/c1-6-18-10(2)13-7-8-15(14(17)9-13)21-16-11(3)19-20(5)12(16)4/h7-10,18H,6H2,1-5H3. The van der Waals surface area contributed by atoms with E-state index in [1.54, 1.807) is 4.68 Å². The minimum Gasteiger partial charge on any atom is -0.452 e. The summed E-state index contributed by atoms with van der Waals surface area (Å²) in [7, 11) is 1.90. The van der Waals surface area contributed by atoms with Crippen molar-refractivity contribution in [1.82, 2.24) is 15.1 Å². The van der Waals surface area contributed by atoms with Crippen LogP contribution < -0.4 is 10.1 Å². The molecule has 0 fully saturated rings. The Morgan fingerprint density at radius 3 is 2.62 bits per heavy atom. The van der Waals surface area contributed by atoms with E-state index in [4.69, 9.17) is 16.3 Å². The number of ether oxygens (including phenoxy) is 1. The summed E-state index contributed by atoms with van der Waals surface area (Å²) in [6.45, 7) is 9.03. The van der Waals surface area contributed by atoms with Gasteiger partial charge in [0.05, 0.1) is 10.7 Å². The molecular formula is C16H22ClN3O. The zero-order valence-electron chi connectivity index (χ0n) is 13.2. The fourth-order valence-electron chi connectivity index (χ4n) is 2.31. The molecule has 1 N–H and O–H groups in total. The number of rotatable bonds is 5. The Kier molecular flexibility index (Phi) is 4.91. The summed E-state index contributed by atoms with van der Waals surface area (Å²) < 4.78 is 7.76. The molecule has 0 saturated heterocycles. The lowest BCUT2D eigenvalue weighted by Gasteiger charge is -2.15. The van der Waals surface area contributed by atoms with Crippen molar-refractivity contribution in [1.29, 1.82) is 0 Å². The third-order valence-corrected chi connectivity index (χ3v) is 3.92. The second-order valence-corrected chi connectivity index (χ2v) is 5.60. The first-order valence-electron chi connectivity index (χ1n) is 7.15. The van der Waals surface area contributed by atoms with Crippen LogP contribution in [0.5, 0.6) is 11.5 Å². The van der Waals surface area contributed by atoms with E-state index in [2.05, 4.69) is 24.3 Å². The van der Waals surface area contributed by atoms with Gasteiger partial charge in [-0.05, 0) is 45.0 Å². The van der Waals surface area contributed by atoms with Crippen LogP contribution in [0.15, 0.2) is 18.2 Å². The number of benzene rings is 1. The van der Waals surface area contributed by atoms with Crippen molar-refractivity contribution < 1.29 is 4.74 Å². The van der Waals surface area contributed by atoms with Gasteiger partial charge in [-0.15, -0.1) is 0 Å². The fourth-order valence-corrected chi connectivity index (χ4v) is 2.53. The first kappa shape index (κ1) is 15.9. The molecule has 1 atom stereocenters. The third kappa shape index (κ3) is 3.39. The average molecular weight is 308 g/mol. The second-order valence-electron chi connectivity index (χ2n) is 5.19. The van der Waals surface area contributed by atoms with E-state index in [1.807, 2.05) is 39.1 Å². The van der Waals surface area contributed by atoms with Gasteiger partial charge in [0, 0.05) is 13.1 Å². The van der Waals surface area contributed by atoms with E-state index in [0.717, 1.165) is 29.2 Å². The molecule has 0 bridgehead atoms. The summed E-state index contributed by atoms with van der Waals surface area (Å²) in [5, 5.41) is 8.32. The van der Waals surface area contributed by atoms with Crippen LogP contribution >= 0.6 is 11.6 Å². The Labute approximate surface area is 131 Å². The summed E-state index contributed by atoms with van der Waals surface area (Å²) in [4.78, 5) is 0. The molecular weight excluding hydrogens is 286 g/mol. The predicted molar refractivity (Wildman–Crippen MR) is 86.3 cm³/mol. The van der Waals surface area contributed by atoms with Crippen molar-refractivity contribution in [3.8, 4) is 11.5 Å². The van der Waals surface area contributed by atoms with Crippen molar-refractivity contribution in [2.45, 2.75) is 33.7 Å². The molecule has 2 rings (SSSR count). The molecule has 0 amide bonds. The molecule has 0 aliphatic heterocycles. The molecule has 0 aliphatic rings. The normalized spacial score (nSPS) is 12.5. The van der Waals surface area contributed by atoms with Crippen LogP contribution in [0.1, 0.15) is 36.8 Å². The molecule has 2 aromatic rings. The molecule has 1 aromatic heterocycles. The quantitative estimate of drug-likeness (QED) is 0.901. The fraction of sp³-hybridized carbons (Fsp3) is 0.438. The topological polar surface area (TPSA) is 39.1 Å². The maximum atomic E-state index is 6.36. The molecule has 0 saturated carbocycles. The van der Waals surface area contributed by atoms with Crippen molar-refractivity contribution in [2.75, 3.05) is 6.54 Å². The largest absolute Gasteiger partial charge is 0.452 e. The summed E-state index contributed by atoms with van der Waals surface area (Å²) in [6, 6.07) is 6.17. The van der Waals surface area contributed by atoms with Crippen LogP contribution in [0, 0.1) is 13.8 Å². The smallest absolute Gasteiger partial charge is 0.171 e. The van der Waals surface area contributed by atoms with Gasteiger partial charge in [0.2, 0.25) is 0 Å². The van der Waals surface area contributed by atoms with E-state index < -0.39 is 0 Å². The molecule has 0 aliphatic carbocycles. The minimum absolute atomic E-state index is 0.267. The van der Waals surface area contributed by atoms with Gasteiger partial charge in [-0.25, -0.2) is 0 Å². The number of hydrogen-bond donors (Lipinski definition) is 1. The van der Waals surface area contributed by atoms with Crippen molar-refractivity contribution >= 4 is 11.6 Å². The van der Waals surface area contributed by atoms with E-state index in [1.165, 1.54) is 0 Å². The zero-order valence-corrected chi connectivity index (χ0v) is 14.0. The highest BCUT2D eigenvalue weighted by atomic mass is 35.5. The number of aryl methyl sites for hydroxylation is 2. The summed E-state index contributed by atoms with van der Waals surface area (Å²) in [5.41, 5.74) is 2.98. The lowest BCUT2D eigenvalue weighted by molar-refractivity contribution is 0.473. The molecule has 1 unspecified atom stereocenters. The van der Waals surface area contributed by atoms with Gasteiger partial charge in [0.15, 0.2) is 5.75 Å². The lowest BCUT2D eigenvalue weighted by atomic mass is 10.1. The molecule has 5 heteroatoms. The SMILES string of the molecule is CCNC(C)c1ccc(Oc2c(C)nn(C)c2C)c(Cl)c1. The Hall–Kier alpha value is -1.52. The lowest BCUT2D eigenvalue weighted by Crippen LogP contribution is -2.17. The van der Waals surface area contributed by atoms with Gasteiger partial charge in [-0.1, -0.05) is 24.6 Å². The minimum atomic E-state index is 0.267. The van der Waals surface area contributed by atoms with Gasteiger partial charge in [0.25, 0.3) is 0 Å². The van der Waals surface area contributed by atoms with Crippen LogP contribution in [0.2, 0.25) is 5.02 Å². The van der Waals surface area contributed by atoms with E-state index in [0.29, 0.717) is 10.8 Å². The van der Waals surface area contributed by atoms with Crippen LogP contribution in [0.3, 0.4) is 0 Å². The van der Waals surface area contributed by atoms with Crippen LogP contribution in [0.4, 0.5) is 0 Å². The van der Waals surface area contributed by atoms with Gasteiger partial charge in [0.1, 0.15) is 11.4 Å². The Morgan fingerprint density at radius 1 is 1.38 bits per heavy atom. The number of aromatic nitrogens is 2. The Balaban J connectivity index is 2.25. The predicted octanol–water partition coefficient (Wildman–Crippen LogP) is 4.15. The number of nitrogens with zero attached hydrogens (tertiary/aromatic N) is 2. The van der Waals surface area contributed by atoms with Crippen molar-refractivity contribution in [2.24, 2.45) is 7.05 Å². The van der Waals surface area contributed by atoms with Crippen LogP contribution in [-0.2, 0) is 7.05 Å². The van der Waals surface area contributed by atoms with Gasteiger partial charge < -0.3 is 10.1 Å². The molecule has 0 radical (unpaired) electrons. The molecule has 1 aromatic carbocycles. The van der Waals surface area contributed by atoms with Crippen LogP contribution in [-0.4, -0.2) is 16.3 Å². The third-order valence-electron chi connectivity index (χ3n) is 3.62. The van der Waals surface area contributed by atoms with Gasteiger partial charge >= 0.3 is 0 Å². The first-order chi connectivity index (χ1) is 9.93. The summed E-state index contributed by atoms with van der Waals surface area (Å²) >= 11 is 6.36. The summed E-state index contributed by atoms with van der Waals surface area (Å²) in [5.74, 6) is 1.43. The number of halogens is 1. The van der Waals surface area contributed by atoms with E-state index in [9.17, 15) is 0 Å². The first-order valence-corrected chi connectivity index (χ1v) is 7.52. The number of hydrogen-bond acceptors (Lipinski definition) is 3. The zero-order chi connectivity index (χ0) is 15.6. The maximum Gasteiger partial charge on any atom is 0.171 e. The van der Waals surface area contributed by atoms with Gasteiger partial charge in [-0.2, -0.15) is 5.10 Å². The van der Waals surface area contributed by atoms with E-state index in [-0.39, 0.29) is 6.04 Å². The molecule has 21 heavy (non-hydrogen) atoms. The highest BCUT2D eigenvalue weighted by Gasteiger charge is 2.14. The van der Waals surface area contributed by atoms with Crippen molar-refractivity contribution in [3.63, 3.8) is 0 Å². The maximum absolute atomic E-state index is 6.36. The Morgan fingerprint density at radius 2 is 2.10 bits per heavy atom.